The first kappa shape index (κ1) is 10.1. The second-order valence-corrected chi connectivity index (χ2v) is 4.31. The molecule has 0 unspecified atom stereocenters. The van der Waals surface area contributed by atoms with Crippen LogP contribution in [0.3, 0.4) is 0 Å². The van der Waals surface area contributed by atoms with Crippen molar-refractivity contribution in [1.29, 1.82) is 0 Å². The molecule has 5 nitrogen and oxygen atoms in total. The van der Waals surface area contributed by atoms with Crippen LogP contribution in [0, 0.1) is 0 Å². The lowest BCUT2D eigenvalue weighted by atomic mass is 10.3. The summed E-state index contributed by atoms with van der Waals surface area (Å²) >= 11 is 0. The minimum Gasteiger partial charge on any atom is -0.265 e. The molecule has 1 aromatic heterocycles. The number of hydrogen-bond acceptors (Lipinski definition) is 3. The van der Waals surface area contributed by atoms with E-state index in [-0.39, 0.29) is 6.54 Å². The van der Waals surface area contributed by atoms with Crippen LogP contribution in [0.2, 0.25) is 0 Å². The molecule has 13 heavy (non-hydrogen) atoms. The van der Waals surface area contributed by atoms with Gasteiger partial charge in [-0.05, 0) is 17.7 Å². The van der Waals surface area contributed by atoms with Crippen molar-refractivity contribution >= 4 is 10.2 Å². The summed E-state index contributed by atoms with van der Waals surface area (Å²) in [7, 11) is -2.16. The highest BCUT2D eigenvalue weighted by molar-refractivity contribution is 7.86. The Balaban J connectivity index is 2.72. The third-order valence-electron chi connectivity index (χ3n) is 1.59. The fourth-order valence-corrected chi connectivity index (χ4v) is 1.16. The van der Waals surface area contributed by atoms with E-state index >= 15 is 0 Å². The molecule has 0 saturated carbocycles. The van der Waals surface area contributed by atoms with Gasteiger partial charge in [0.05, 0.1) is 0 Å². The van der Waals surface area contributed by atoms with E-state index < -0.39 is 10.2 Å². The van der Waals surface area contributed by atoms with Gasteiger partial charge in [0.1, 0.15) is 0 Å². The monoisotopic (exact) mass is 201 g/mol. The molecule has 0 atom stereocenters. The van der Waals surface area contributed by atoms with Crippen LogP contribution in [0.4, 0.5) is 0 Å². The molecule has 6 heteroatoms. The van der Waals surface area contributed by atoms with Crippen LogP contribution in [-0.2, 0) is 16.8 Å². The molecule has 0 fully saturated rings. The topological polar surface area (TPSA) is 76.3 Å². The van der Waals surface area contributed by atoms with Crippen LogP contribution < -0.4 is 5.14 Å². The molecule has 2 N–H and O–H groups in total. The van der Waals surface area contributed by atoms with E-state index in [0.29, 0.717) is 0 Å². The van der Waals surface area contributed by atoms with E-state index in [4.69, 9.17) is 5.14 Å². The highest BCUT2D eigenvalue weighted by Crippen LogP contribution is 2.02. The Kier molecular flexibility index (Phi) is 2.97. The van der Waals surface area contributed by atoms with Crippen molar-refractivity contribution in [3.8, 4) is 0 Å². The van der Waals surface area contributed by atoms with Gasteiger partial charge in [-0.2, -0.15) is 12.7 Å². The molecule has 1 aromatic rings. The van der Waals surface area contributed by atoms with Gasteiger partial charge in [0.2, 0.25) is 0 Å². The van der Waals surface area contributed by atoms with Crippen LogP contribution >= 0.6 is 0 Å². The largest absolute Gasteiger partial charge is 0.276 e. The quantitative estimate of drug-likeness (QED) is 0.730. The first-order chi connectivity index (χ1) is 6.00. The van der Waals surface area contributed by atoms with Crippen molar-refractivity contribution in [2.24, 2.45) is 5.14 Å². The Morgan fingerprint density at radius 2 is 2.00 bits per heavy atom. The Hall–Kier alpha value is -0.980. The zero-order valence-corrected chi connectivity index (χ0v) is 8.03. The third kappa shape index (κ3) is 3.10. The number of pyridine rings is 1. The van der Waals surface area contributed by atoms with Crippen LogP contribution in [0.25, 0.3) is 0 Å². The molecule has 0 aliphatic heterocycles. The van der Waals surface area contributed by atoms with Crippen molar-refractivity contribution in [2.75, 3.05) is 7.05 Å². The Labute approximate surface area is 77.4 Å². The lowest BCUT2D eigenvalue weighted by Crippen LogP contribution is -2.32. The lowest BCUT2D eigenvalue weighted by molar-refractivity contribution is 0.468. The summed E-state index contributed by atoms with van der Waals surface area (Å²) in [5.41, 5.74) is 0.853. The van der Waals surface area contributed by atoms with Crippen molar-refractivity contribution < 1.29 is 8.42 Å². The van der Waals surface area contributed by atoms with Crippen LogP contribution in [0.5, 0.6) is 0 Å². The Morgan fingerprint density at radius 1 is 1.46 bits per heavy atom. The van der Waals surface area contributed by atoms with E-state index in [1.807, 2.05) is 0 Å². The number of aromatic nitrogens is 1. The van der Waals surface area contributed by atoms with Gasteiger partial charge >= 0.3 is 0 Å². The first-order valence-electron chi connectivity index (χ1n) is 3.63. The fraction of sp³-hybridized carbons (Fsp3) is 0.286. The van der Waals surface area contributed by atoms with Crippen molar-refractivity contribution in [1.82, 2.24) is 9.29 Å². The summed E-state index contributed by atoms with van der Waals surface area (Å²) in [6.07, 6.45) is 3.21. The fourth-order valence-electron chi connectivity index (χ4n) is 0.835. The van der Waals surface area contributed by atoms with E-state index in [1.54, 1.807) is 24.5 Å². The van der Waals surface area contributed by atoms with Gasteiger partial charge in [0, 0.05) is 26.0 Å². The summed E-state index contributed by atoms with van der Waals surface area (Å²) in [5, 5.41) is 4.91. The molecular weight excluding hydrogens is 190 g/mol. The second-order valence-electron chi connectivity index (χ2n) is 2.66. The van der Waals surface area contributed by atoms with Gasteiger partial charge in [-0.15, -0.1) is 0 Å². The van der Waals surface area contributed by atoms with Crippen LogP contribution in [0.15, 0.2) is 24.5 Å². The smallest absolute Gasteiger partial charge is 0.265 e. The normalized spacial score (nSPS) is 11.9. The van der Waals surface area contributed by atoms with Gasteiger partial charge in [0.15, 0.2) is 0 Å². The summed E-state index contributed by atoms with van der Waals surface area (Å²) in [6, 6.07) is 3.48. The molecule has 1 heterocycles. The number of nitrogens with two attached hydrogens (primary N) is 1. The van der Waals surface area contributed by atoms with Crippen molar-refractivity contribution in [3.05, 3.63) is 30.1 Å². The van der Waals surface area contributed by atoms with E-state index in [0.717, 1.165) is 9.87 Å². The maximum atomic E-state index is 10.8. The molecule has 0 radical (unpaired) electrons. The molecular formula is C7H11N3O2S. The van der Waals surface area contributed by atoms with Gasteiger partial charge in [-0.1, -0.05) is 0 Å². The molecule has 1 rings (SSSR count). The maximum Gasteiger partial charge on any atom is 0.276 e. The van der Waals surface area contributed by atoms with Gasteiger partial charge in [-0.3, -0.25) is 4.98 Å². The molecule has 0 bridgehead atoms. The van der Waals surface area contributed by atoms with E-state index in [2.05, 4.69) is 4.98 Å². The van der Waals surface area contributed by atoms with Gasteiger partial charge in [0.25, 0.3) is 10.2 Å². The summed E-state index contributed by atoms with van der Waals surface area (Å²) in [5.74, 6) is 0. The zero-order valence-electron chi connectivity index (χ0n) is 7.21. The van der Waals surface area contributed by atoms with Gasteiger partial charge < -0.3 is 0 Å². The summed E-state index contributed by atoms with van der Waals surface area (Å²) in [6.45, 7) is 0.265. The first-order valence-corrected chi connectivity index (χ1v) is 5.13. The summed E-state index contributed by atoms with van der Waals surface area (Å²) < 4.78 is 22.7. The average molecular weight is 201 g/mol. The number of nitrogens with zero attached hydrogens (tertiary/aromatic N) is 2. The standard InChI is InChI=1S/C7H11N3O2S/c1-10(13(8,11)12)6-7-2-4-9-5-3-7/h2-5H,6H2,1H3,(H2,8,11,12). The van der Waals surface area contributed by atoms with E-state index in [1.165, 1.54) is 7.05 Å². The van der Waals surface area contributed by atoms with Crippen molar-refractivity contribution in [2.45, 2.75) is 6.54 Å². The van der Waals surface area contributed by atoms with Crippen LogP contribution in [-0.4, -0.2) is 24.8 Å². The SMILES string of the molecule is CN(Cc1ccncc1)S(N)(=O)=O. The minimum atomic E-state index is -3.59. The predicted octanol–water partition coefficient (Wildman–Crippen LogP) is -0.283. The van der Waals surface area contributed by atoms with Crippen molar-refractivity contribution in [3.63, 3.8) is 0 Å². The molecule has 0 spiro atoms. The third-order valence-corrected chi connectivity index (χ3v) is 2.59. The van der Waals surface area contributed by atoms with E-state index in [9.17, 15) is 8.42 Å². The molecule has 0 aliphatic carbocycles. The number of rotatable bonds is 3. The maximum absolute atomic E-state index is 10.8. The number of hydrogen-bond donors (Lipinski definition) is 1. The highest BCUT2D eigenvalue weighted by atomic mass is 32.2. The zero-order chi connectivity index (χ0) is 9.90. The highest BCUT2D eigenvalue weighted by Gasteiger charge is 2.10. The average Bonchev–Trinajstić information content (AvgIpc) is 2.04. The molecule has 0 amide bonds. The Bertz CT molecular complexity index is 363. The van der Waals surface area contributed by atoms with Crippen LogP contribution in [0.1, 0.15) is 5.56 Å². The summed E-state index contributed by atoms with van der Waals surface area (Å²) in [4.78, 5) is 3.82. The van der Waals surface area contributed by atoms with Gasteiger partial charge in [-0.25, -0.2) is 5.14 Å². The Morgan fingerprint density at radius 3 is 2.46 bits per heavy atom. The molecule has 0 aliphatic rings. The molecule has 0 saturated heterocycles. The lowest BCUT2D eigenvalue weighted by Gasteiger charge is -2.12. The predicted molar refractivity (Wildman–Crippen MR) is 48.8 cm³/mol. The second kappa shape index (κ2) is 3.82. The molecule has 72 valence electrons. The molecule has 0 aromatic carbocycles. The minimum absolute atomic E-state index is 0.265.